The van der Waals surface area contributed by atoms with Gasteiger partial charge in [0.25, 0.3) is 7.82 Å². The molecule has 0 radical (unpaired) electrons. The Morgan fingerprint density at radius 2 is 0.966 bits per heavy atom. The van der Waals surface area contributed by atoms with E-state index in [9.17, 15) is 19.0 Å². The Hall–Kier alpha value is -2.29. The molecule has 336 valence electrons. The van der Waals surface area contributed by atoms with Crippen LogP contribution in [-0.2, 0) is 32.7 Å². The summed E-state index contributed by atoms with van der Waals surface area (Å²) in [6, 6.07) is 0. The molecule has 0 aliphatic heterocycles. The van der Waals surface area contributed by atoms with Gasteiger partial charge in [0.1, 0.15) is 19.8 Å². The Morgan fingerprint density at radius 1 is 0.534 bits per heavy atom. The second-order valence-electron chi connectivity index (χ2n) is 16.4. The van der Waals surface area contributed by atoms with Gasteiger partial charge in [0, 0.05) is 12.8 Å². The van der Waals surface area contributed by atoms with E-state index in [0.717, 1.165) is 64.2 Å². The van der Waals surface area contributed by atoms with E-state index in [4.69, 9.17) is 18.5 Å². The second kappa shape index (κ2) is 40.1. The highest BCUT2D eigenvalue weighted by molar-refractivity contribution is 7.45. The molecule has 1 unspecified atom stereocenters. The van der Waals surface area contributed by atoms with Crippen LogP contribution in [0.4, 0.5) is 0 Å². The topological polar surface area (TPSA) is 111 Å². The number of quaternary nitrogens is 1. The Labute approximate surface area is 356 Å². The van der Waals surface area contributed by atoms with Crippen LogP contribution in [0.1, 0.15) is 181 Å². The monoisotopic (exact) mass is 836 g/mol. The van der Waals surface area contributed by atoms with Crippen LogP contribution in [0.3, 0.4) is 0 Å². The molecule has 0 heterocycles. The van der Waals surface area contributed by atoms with E-state index < -0.39 is 32.5 Å². The number of carbonyl (C=O) groups is 2. The Balaban J connectivity index is 4.42. The van der Waals surface area contributed by atoms with Gasteiger partial charge < -0.3 is 27.9 Å². The molecule has 0 amide bonds. The number of allylic oxidation sites excluding steroid dienone is 10. The van der Waals surface area contributed by atoms with Crippen LogP contribution >= 0.6 is 7.82 Å². The predicted molar refractivity (Wildman–Crippen MR) is 240 cm³/mol. The summed E-state index contributed by atoms with van der Waals surface area (Å²) in [5.41, 5.74) is 0. The van der Waals surface area contributed by atoms with E-state index in [1.165, 1.54) is 83.5 Å². The molecule has 0 fully saturated rings. The predicted octanol–water partition coefficient (Wildman–Crippen LogP) is 12.6. The molecule has 0 rings (SSSR count). The fourth-order valence-corrected chi connectivity index (χ4v) is 6.64. The van der Waals surface area contributed by atoms with Crippen molar-refractivity contribution in [1.82, 2.24) is 0 Å². The van der Waals surface area contributed by atoms with E-state index in [0.29, 0.717) is 17.4 Å². The van der Waals surface area contributed by atoms with Crippen LogP contribution in [0.2, 0.25) is 0 Å². The van der Waals surface area contributed by atoms with E-state index in [-0.39, 0.29) is 26.1 Å². The van der Waals surface area contributed by atoms with Gasteiger partial charge in [-0.15, -0.1) is 0 Å². The molecule has 0 aliphatic rings. The third-order valence-corrected chi connectivity index (χ3v) is 10.5. The number of nitrogens with zero attached hydrogens (tertiary/aromatic N) is 1. The van der Waals surface area contributed by atoms with Crippen molar-refractivity contribution in [2.45, 2.75) is 187 Å². The van der Waals surface area contributed by atoms with Gasteiger partial charge in [0.05, 0.1) is 27.7 Å². The van der Waals surface area contributed by atoms with Crippen LogP contribution < -0.4 is 4.89 Å². The number of hydrogen-bond donors (Lipinski definition) is 0. The number of likely N-dealkylation sites (N-methyl/N-ethyl adjacent to an activating group) is 1. The van der Waals surface area contributed by atoms with Crippen molar-refractivity contribution in [3.63, 3.8) is 0 Å². The molecule has 0 aromatic heterocycles. The molecule has 58 heavy (non-hydrogen) atoms. The minimum Gasteiger partial charge on any atom is -0.756 e. The number of ether oxygens (including phenoxy) is 2. The number of phosphoric acid groups is 1. The zero-order valence-electron chi connectivity index (χ0n) is 37.7. The Bertz CT molecular complexity index is 1170. The lowest BCUT2D eigenvalue weighted by Crippen LogP contribution is -2.37. The van der Waals surface area contributed by atoms with Crippen molar-refractivity contribution >= 4 is 19.8 Å². The fourth-order valence-electron chi connectivity index (χ4n) is 5.92. The average molecular weight is 836 g/mol. The van der Waals surface area contributed by atoms with Crippen molar-refractivity contribution in [1.29, 1.82) is 0 Å². The van der Waals surface area contributed by atoms with Gasteiger partial charge in [-0.3, -0.25) is 14.2 Å². The molecular weight excluding hydrogens is 750 g/mol. The van der Waals surface area contributed by atoms with E-state index in [1.54, 1.807) is 0 Å². The molecule has 0 aromatic rings. The molecule has 2 atom stereocenters. The van der Waals surface area contributed by atoms with Crippen molar-refractivity contribution in [2.24, 2.45) is 0 Å². The normalized spacial score (nSPS) is 14.1. The summed E-state index contributed by atoms with van der Waals surface area (Å²) < 4.78 is 33.9. The number of esters is 2. The van der Waals surface area contributed by atoms with Gasteiger partial charge in [0.15, 0.2) is 6.10 Å². The number of rotatable bonds is 41. The zero-order chi connectivity index (χ0) is 42.8. The molecular formula is C48H86NO8P. The highest BCUT2D eigenvalue weighted by atomic mass is 31.2. The van der Waals surface area contributed by atoms with Gasteiger partial charge in [-0.1, -0.05) is 171 Å². The van der Waals surface area contributed by atoms with Gasteiger partial charge >= 0.3 is 11.9 Å². The van der Waals surface area contributed by atoms with Crippen LogP contribution in [-0.4, -0.2) is 70.0 Å². The highest BCUT2D eigenvalue weighted by Crippen LogP contribution is 2.38. The van der Waals surface area contributed by atoms with Gasteiger partial charge in [0.2, 0.25) is 0 Å². The first-order valence-electron chi connectivity index (χ1n) is 23.0. The standard InChI is InChI=1S/C48H86NO8P/c1-6-8-10-12-14-16-18-20-22-23-24-25-27-29-31-33-35-37-39-41-48(51)57-46(45-56-58(52,53)55-43-42-49(3,4)5)44-54-47(50)40-38-36-34-32-30-28-26-21-19-17-15-13-11-9-7-2/h10,12,16,18,22-23,25,27,31,33,46H,6-9,11,13-15,17,19-21,24,26,28-30,32,34-45H2,1-5H3/b12-10-,18-16-,23-22-,27-25-,33-31-/t46-/m1/s1. The van der Waals surface area contributed by atoms with Gasteiger partial charge in [-0.25, -0.2) is 0 Å². The summed E-state index contributed by atoms with van der Waals surface area (Å²) in [4.78, 5) is 37.6. The lowest BCUT2D eigenvalue weighted by atomic mass is 10.0. The van der Waals surface area contributed by atoms with Crippen molar-refractivity contribution in [2.75, 3.05) is 47.5 Å². The van der Waals surface area contributed by atoms with Crippen LogP contribution in [0, 0.1) is 0 Å². The maximum atomic E-state index is 12.7. The largest absolute Gasteiger partial charge is 0.756 e. The van der Waals surface area contributed by atoms with Crippen LogP contribution in [0.25, 0.3) is 0 Å². The molecule has 0 saturated heterocycles. The smallest absolute Gasteiger partial charge is 0.306 e. The molecule has 0 aromatic carbocycles. The van der Waals surface area contributed by atoms with Gasteiger partial charge in [-0.05, 0) is 57.8 Å². The Kier molecular flexibility index (Phi) is 38.5. The zero-order valence-corrected chi connectivity index (χ0v) is 38.6. The minimum absolute atomic E-state index is 0.0408. The highest BCUT2D eigenvalue weighted by Gasteiger charge is 2.21. The first kappa shape index (κ1) is 55.7. The molecule has 0 spiro atoms. The molecule has 0 aliphatic carbocycles. The summed E-state index contributed by atoms with van der Waals surface area (Å²) in [5, 5.41) is 0. The lowest BCUT2D eigenvalue weighted by Gasteiger charge is -2.28. The van der Waals surface area contributed by atoms with Crippen molar-refractivity contribution in [3.05, 3.63) is 60.8 Å². The summed E-state index contributed by atoms with van der Waals surface area (Å²) in [6.45, 7) is 4.11. The number of unbranched alkanes of at least 4 members (excludes halogenated alkanes) is 17. The van der Waals surface area contributed by atoms with Crippen molar-refractivity contribution in [3.8, 4) is 0 Å². The first-order valence-corrected chi connectivity index (χ1v) is 24.5. The molecule has 10 heteroatoms. The molecule has 0 N–H and O–H groups in total. The van der Waals surface area contributed by atoms with Crippen LogP contribution in [0.15, 0.2) is 60.8 Å². The first-order chi connectivity index (χ1) is 28.0. The third-order valence-electron chi connectivity index (χ3n) is 9.52. The Morgan fingerprint density at radius 3 is 1.45 bits per heavy atom. The van der Waals surface area contributed by atoms with E-state index in [1.807, 2.05) is 21.1 Å². The summed E-state index contributed by atoms with van der Waals surface area (Å²) >= 11 is 0. The van der Waals surface area contributed by atoms with Gasteiger partial charge in [-0.2, -0.15) is 0 Å². The summed E-state index contributed by atoms with van der Waals surface area (Å²) in [5.74, 6) is -0.884. The van der Waals surface area contributed by atoms with Crippen LogP contribution in [0.5, 0.6) is 0 Å². The van der Waals surface area contributed by atoms with E-state index >= 15 is 0 Å². The number of carbonyl (C=O) groups excluding carboxylic acids is 2. The lowest BCUT2D eigenvalue weighted by molar-refractivity contribution is -0.870. The maximum Gasteiger partial charge on any atom is 0.306 e. The van der Waals surface area contributed by atoms with E-state index in [2.05, 4.69) is 74.6 Å². The number of phosphoric ester groups is 1. The molecule has 9 nitrogen and oxygen atoms in total. The summed E-state index contributed by atoms with van der Waals surface area (Å²) in [7, 11) is 1.13. The average Bonchev–Trinajstić information content (AvgIpc) is 3.17. The fraction of sp³-hybridized carbons (Fsp3) is 0.750. The quantitative estimate of drug-likeness (QED) is 0.0197. The third kappa shape index (κ3) is 43.3. The summed E-state index contributed by atoms with van der Waals surface area (Å²) in [6.07, 6.45) is 48.2. The SMILES string of the molecule is CCC/C=C\C/C=C\C/C=C\C/C=C\C/C=C\CCCCC(=O)O[C@H](COC(=O)CCCCCCCCCCCCCCCCC)COP(=O)([O-])OCC[N+](C)(C)C. The minimum atomic E-state index is -4.64. The second-order valence-corrected chi connectivity index (χ2v) is 17.8. The van der Waals surface area contributed by atoms with Crippen molar-refractivity contribution < 1.29 is 42.1 Å². The maximum absolute atomic E-state index is 12.7. The number of hydrogen-bond acceptors (Lipinski definition) is 8. The molecule has 0 saturated carbocycles. The molecule has 0 bridgehead atoms.